The molecule has 0 radical (unpaired) electrons. The van der Waals surface area contributed by atoms with E-state index in [4.69, 9.17) is 14.2 Å². The van der Waals surface area contributed by atoms with Crippen molar-refractivity contribution in [2.45, 2.75) is 39.0 Å². The lowest BCUT2D eigenvalue weighted by Gasteiger charge is -2.41. The van der Waals surface area contributed by atoms with Gasteiger partial charge in [0.25, 0.3) is 0 Å². The van der Waals surface area contributed by atoms with Crippen molar-refractivity contribution in [1.82, 2.24) is 4.90 Å². The first-order valence-electron chi connectivity index (χ1n) is 6.84. The van der Waals surface area contributed by atoms with Crippen LogP contribution in [0.25, 0.3) is 0 Å². The molecule has 0 aliphatic carbocycles. The molecule has 0 spiro atoms. The number of benzene rings is 1. The molecule has 0 aromatic heterocycles. The summed E-state index contributed by atoms with van der Waals surface area (Å²) in [5.41, 5.74) is 1.86. The van der Waals surface area contributed by atoms with E-state index in [-0.39, 0.29) is 12.3 Å². The van der Waals surface area contributed by atoms with Gasteiger partial charge < -0.3 is 19.3 Å². The number of aliphatic hydroxyl groups excluding tert-OH is 1. The van der Waals surface area contributed by atoms with Gasteiger partial charge in [-0.25, -0.2) is 0 Å². The van der Waals surface area contributed by atoms with Gasteiger partial charge in [0, 0.05) is 24.2 Å². The van der Waals surface area contributed by atoms with E-state index in [1.807, 2.05) is 6.07 Å². The molecule has 110 valence electrons. The average molecular weight is 279 g/mol. The number of nitrogens with zero attached hydrogens (tertiary/aromatic N) is 1. The number of fused-ring (bicyclic) bond motifs is 2. The second kappa shape index (κ2) is 4.53. The number of aliphatic hydroxyl groups is 1. The minimum Gasteiger partial charge on any atom is -0.492 e. The van der Waals surface area contributed by atoms with Crippen LogP contribution in [0.4, 0.5) is 0 Å². The maximum absolute atomic E-state index is 10.5. The van der Waals surface area contributed by atoms with Crippen molar-refractivity contribution < 1.29 is 19.3 Å². The molecule has 1 atom stereocenters. The molecule has 1 aromatic rings. The minimum absolute atomic E-state index is 0.0138. The maximum atomic E-state index is 10.5. The van der Waals surface area contributed by atoms with Crippen molar-refractivity contribution >= 4 is 0 Å². The van der Waals surface area contributed by atoms with Crippen molar-refractivity contribution in [3.63, 3.8) is 0 Å². The highest BCUT2D eigenvalue weighted by atomic mass is 16.7. The zero-order chi connectivity index (χ0) is 14.5. The van der Waals surface area contributed by atoms with Crippen LogP contribution < -0.4 is 14.2 Å². The molecule has 5 nitrogen and oxygen atoms in total. The summed E-state index contributed by atoms with van der Waals surface area (Å²) < 4.78 is 16.4. The van der Waals surface area contributed by atoms with E-state index in [2.05, 4.69) is 25.7 Å². The standard InChI is InChI=1S/C15H21NO4/c1-15(2,3)16-6-10-9(11(17)7-16)5-12-14(13(10)18-4)20-8-19-12/h5,11,17H,6-8H2,1-4H3. The third-order valence-electron chi connectivity index (χ3n) is 4.01. The Labute approximate surface area is 119 Å². The Hall–Kier alpha value is -1.46. The highest BCUT2D eigenvalue weighted by Gasteiger charge is 2.35. The molecule has 5 heteroatoms. The Morgan fingerprint density at radius 3 is 2.75 bits per heavy atom. The predicted molar refractivity (Wildman–Crippen MR) is 74.2 cm³/mol. The van der Waals surface area contributed by atoms with Gasteiger partial charge in [0.05, 0.1) is 13.2 Å². The molecular formula is C15H21NO4. The number of hydrogen-bond donors (Lipinski definition) is 1. The SMILES string of the molecule is COc1c2c(cc3c1OCO3)C(O)CN(C(C)(C)C)C2. The summed E-state index contributed by atoms with van der Waals surface area (Å²) in [6.45, 7) is 7.97. The first-order valence-corrected chi connectivity index (χ1v) is 6.84. The highest BCUT2D eigenvalue weighted by molar-refractivity contribution is 5.61. The lowest BCUT2D eigenvalue weighted by atomic mass is 9.92. The quantitative estimate of drug-likeness (QED) is 0.853. The number of β-amino-alcohol motifs (C(OH)–C–C–N with tert-alkyl or cyclic N) is 1. The van der Waals surface area contributed by atoms with E-state index in [0.717, 1.165) is 17.7 Å². The van der Waals surface area contributed by atoms with E-state index < -0.39 is 6.10 Å². The van der Waals surface area contributed by atoms with Gasteiger partial charge in [0.2, 0.25) is 12.5 Å². The molecule has 20 heavy (non-hydrogen) atoms. The van der Waals surface area contributed by atoms with Crippen LogP contribution in [0.5, 0.6) is 17.2 Å². The van der Waals surface area contributed by atoms with Gasteiger partial charge >= 0.3 is 0 Å². The van der Waals surface area contributed by atoms with E-state index in [1.165, 1.54) is 0 Å². The summed E-state index contributed by atoms with van der Waals surface area (Å²) in [7, 11) is 1.62. The first-order chi connectivity index (χ1) is 9.41. The summed E-state index contributed by atoms with van der Waals surface area (Å²) in [6, 6.07) is 1.88. The van der Waals surface area contributed by atoms with Gasteiger partial charge in [-0.05, 0) is 32.4 Å². The van der Waals surface area contributed by atoms with Gasteiger partial charge in [-0.15, -0.1) is 0 Å². The molecule has 1 N–H and O–H groups in total. The molecule has 2 heterocycles. The fraction of sp³-hybridized carbons (Fsp3) is 0.600. The van der Waals surface area contributed by atoms with Crippen LogP contribution in [0.1, 0.15) is 38.0 Å². The Morgan fingerprint density at radius 2 is 2.10 bits per heavy atom. The topological polar surface area (TPSA) is 51.2 Å². The zero-order valence-corrected chi connectivity index (χ0v) is 12.4. The summed E-state index contributed by atoms with van der Waals surface area (Å²) in [6.07, 6.45) is -0.540. The summed E-state index contributed by atoms with van der Waals surface area (Å²) in [4.78, 5) is 2.24. The monoisotopic (exact) mass is 279 g/mol. The number of rotatable bonds is 1. The second-order valence-corrected chi connectivity index (χ2v) is 6.28. The Bertz CT molecular complexity index is 536. The lowest BCUT2D eigenvalue weighted by Crippen LogP contribution is -2.45. The predicted octanol–water partition coefficient (Wildman–Crippen LogP) is 2.07. The van der Waals surface area contributed by atoms with Crippen LogP contribution >= 0.6 is 0 Å². The number of hydrogen-bond acceptors (Lipinski definition) is 5. The summed E-state index contributed by atoms with van der Waals surface area (Å²) >= 11 is 0. The van der Waals surface area contributed by atoms with Crippen LogP contribution in [-0.4, -0.2) is 36.0 Å². The van der Waals surface area contributed by atoms with Crippen LogP contribution in [0.2, 0.25) is 0 Å². The van der Waals surface area contributed by atoms with Crippen LogP contribution in [-0.2, 0) is 6.54 Å². The minimum atomic E-state index is -0.540. The Balaban J connectivity index is 2.10. The van der Waals surface area contributed by atoms with Crippen molar-refractivity contribution in [2.75, 3.05) is 20.4 Å². The smallest absolute Gasteiger partial charge is 0.231 e. The molecule has 2 aliphatic rings. The highest BCUT2D eigenvalue weighted by Crippen LogP contribution is 2.48. The summed E-state index contributed by atoms with van der Waals surface area (Å²) in [5, 5.41) is 10.5. The van der Waals surface area contributed by atoms with Gasteiger partial charge in [-0.2, -0.15) is 0 Å². The van der Waals surface area contributed by atoms with Crippen molar-refractivity contribution in [2.24, 2.45) is 0 Å². The van der Waals surface area contributed by atoms with E-state index in [0.29, 0.717) is 23.8 Å². The fourth-order valence-electron chi connectivity index (χ4n) is 2.82. The molecule has 1 aromatic carbocycles. The van der Waals surface area contributed by atoms with Crippen LogP contribution in [0.15, 0.2) is 6.07 Å². The zero-order valence-electron chi connectivity index (χ0n) is 12.4. The van der Waals surface area contributed by atoms with E-state index in [1.54, 1.807) is 7.11 Å². The van der Waals surface area contributed by atoms with Gasteiger partial charge in [0.15, 0.2) is 11.5 Å². The molecule has 1 unspecified atom stereocenters. The lowest BCUT2D eigenvalue weighted by molar-refractivity contribution is 0.0363. The Kier molecular flexibility index (Phi) is 3.06. The van der Waals surface area contributed by atoms with E-state index >= 15 is 0 Å². The van der Waals surface area contributed by atoms with Crippen LogP contribution in [0.3, 0.4) is 0 Å². The van der Waals surface area contributed by atoms with Crippen LogP contribution in [0, 0.1) is 0 Å². The van der Waals surface area contributed by atoms with Gasteiger partial charge in [0.1, 0.15) is 0 Å². The third kappa shape index (κ3) is 2.01. The molecule has 0 saturated heterocycles. The van der Waals surface area contributed by atoms with Crippen molar-refractivity contribution in [3.05, 3.63) is 17.2 Å². The first kappa shape index (κ1) is 13.5. The number of methoxy groups -OCH3 is 1. The third-order valence-corrected chi connectivity index (χ3v) is 4.01. The van der Waals surface area contributed by atoms with Gasteiger partial charge in [-0.3, -0.25) is 4.90 Å². The fourth-order valence-corrected chi connectivity index (χ4v) is 2.82. The average Bonchev–Trinajstić information content (AvgIpc) is 2.83. The second-order valence-electron chi connectivity index (χ2n) is 6.28. The van der Waals surface area contributed by atoms with E-state index in [9.17, 15) is 5.11 Å². The molecule has 0 fully saturated rings. The van der Waals surface area contributed by atoms with Gasteiger partial charge in [-0.1, -0.05) is 0 Å². The molecule has 0 bridgehead atoms. The Morgan fingerprint density at radius 1 is 1.35 bits per heavy atom. The largest absolute Gasteiger partial charge is 0.492 e. The molecular weight excluding hydrogens is 258 g/mol. The molecule has 0 amide bonds. The maximum Gasteiger partial charge on any atom is 0.231 e. The molecule has 0 saturated carbocycles. The number of ether oxygens (including phenoxy) is 3. The van der Waals surface area contributed by atoms with Crippen molar-refractivity contribution in [1.29, 1.82) is 0 Å². The molecule has 3 rings (SSSR count). The summed E-state index contributed by atoms with van der Waals surface area (Å²) in [5.74, 6) is 1.99. The normalized spacial score (nSPS) is 21.8. The molecule has 2 aliphatic heterocycles. The van der Waals surface area contributed by atoms with Crippen molar-refractivity contribution in [3.8, 4) is 17.2 Å².